The summed E-state index contributed by atoms with van der Waals surface area (Å²) >= 11 is 0. The molecule has 2 aromatic carbocycles. The van der Waals surface area contributed by atoms with Gasteiger partial charge in [-0.25, -0.2) is 9.97 Å². The van der Waals surface area contributed by atoms with Crippen LogP contribution in [-0.4, -0.2) is 93.7 Å². The van der Waals surface area contributed by atoms with Crippen LogP contribution in [0.5, 0.6) is 5.75 Å². The molecule has 0 saturated carbocycles. The molecule has 0 saturated heterocycles. The first kappa shape index (κ1) is 45.2. The molecule has 0 aliphatic rings. The lowest BCUT2D eigenvalue weighted by Gasteiger charge is -2.15. The van der Waals surface area contributed by atoms with Crippen molar-refractivity contribution in [3.63, 3.8) is 0 Å². The third-order valence-corrected chi connectivity index (χ3v) is 10.4. The smallest absolute Gasteiger partial charge is 0.306 e. The van der Waals surface area contributed by atoms with Gasteiger partial charge in [-0.1, -0.05) is 19.1 Å². The van der Waals surface area contributed by atoms with Gasteiger partial charge in [-0.3, -0.25) is 44.0 Å². The molecule has 0 fully saturated rings. The van der Waals surface area contributed by atoms with Gasteiger partial charge >= 0.3 is 5.97 Å². The fraction of sp³-hybridized carbons (Fsp3) is 0.372. The Morgan fingerprint density at radius 3 is 1.73 bits per heavy atom. The van der Waals surface area contributed by atoms with Crippen LogP contribution in [0.3, 0.4) is 0 Å². The highest BCUT2D eigenvalue weighted by Crippen LogP contribution is 2.32. The number of allylic oxidation sites excluding steroid dienone is 2. The first-order valence-corrected chi connectivity index (χ1v) is 20.6. The molecular formula is C43H52N12O8. The number of primary amides is 2. The lowest BCUT2D eigenvalue weighted by atomic mass is 9.94. The van der Waals surface area contributed by atoms with Crippen molar-refractivity contribution in [2.24, 2.45) is 17.4 Å². The topological polar surface area (TPSA) is 271 Å². The number of methoxy groups -OCH3 is 1. The molecule has 0 aliphatic carbocycles. The molecule has 6 rings (SSSR count). The van der Waals surface area contributed by atoms with Gasteiger partial charge in [0.1, 0.15) is 22.7 Å². The minimum absolute atomic E-state index is 0.0506. The van der Waals surface area contributed by atoms with E-state index in [9.17, 15) is 29.1 Å². The van der Waals surface area contributed by atoms with Crippen molar-refractivity contribution in [2.75, 3.05) is 31.0 Å². The number of hydrogen-bond donors (Lipinski definition) is 5. The number of imidazole rings is 2. The van der Waals surface area contributed by atoms with Gasteiger partial charge in [-0.15, -0.1) is 0 Å². The number of nitrogens with zero attached hydrogens (tertiary/aromatic N) is 8. The number of ether oxygens (including phenoxy) is 2. The lowest BCUT2D eigenvalue weighted by Crippen LogP contribution is -2.20. The van der Waals surface area contributed by atoms with Crippen LogP contribution in [0.15, 0.2) is 48.6 Å². The van der Waals surface area contributed by atoms with Crippen molar-refractivity contribution in [2.45, 2.75) is 80.1 Å². The largest absolute Gasteiger partial charge is 0.491 e. The molecule has 4 aromatic heterocycles. The second-order valence-electron chi connectivity index (χ2n) is 14.9. The highest BCUT2D eigenvalue weighted by molar-refractivity contribution is 6.05. The van der Waals surface area contributed by atoms with Crippen LogP contribution in [0.4, 0.5) is 11.9 Å². The Kier molecular flexibility index (Phi) is 14.0. The average molecular weight is 865 g/mol. The van der Waals surface area contributed by atoms with E-state index in [-0.39, 0.29) is 49.1 Å². The van der Waals surface area contributed by atoms with Gasteiger partial charge in [0.15, 0.2) is 0 Å². The Morgan fingerprint density at radius 2 is 1.25 bits per heavy atom. The number of benzene rings is 2. The van der Waals surface area contributed by atoms with Crippen molar-refractivity contribution in [1.29, 1.82) is 0 Å². The van der Waals surface area contributed by atoms with Crippen LogP contribution in [0.25, 0.3) is 22.1 Å². The molecule has 20 heteroatoms. The quantitative estimate of drug-likeness (QED) is 0.0496. The molecule has 20 nitrogen and oxygen atoms in total. The third-order valence-electron chi connectivity index (χ3n) is 10.4. The Morgan fingerprint density at radius 1 is 0.746 bits per heavy atom. The summed E-state index contributed by atoms with van der Waals surface area (Å²) in [6.07, 6.45) is 4.52. The number of carboxylic acids is 1. The van der Waals surface area contributed by atoms with E-state index in [1.807, 2.05) is 19.9 Å². The lowest BCUT2D eigenvalue weighted by molar-refractivity contribution is -0.141. The Hall–Kier alpha value is -7.35. The van der Waals surface area contributed by atoms with E-state index >= 15 is 0 Å². The fourth-order valence-electron chi connectivity index (χ4n) is 7.37. The monoisotopic (exact) mass is 864 g/mol. The zero-order valence-electron chi connectivity index (χ0n) is 36.1. The summed E-state index contributed by atoms with van der Waals surface area (Å²) in [5.74, 6) is -3.58. The summed E-state index contributed by atoms with van der Waals surface area (Å²) in [4.78, 5) is 74.3. The van der Waals surface area contributed by atoms with E-state index < -0.39 is 35.5 Å². The van der Waals surface area contributed by atoms with E-state index in [1.54, 1.807) is 70.7 Å². The second kappa shape index (κ2) is 19.6. The van der Waals surface area contributed by atoms with Crippen molar-refractivity contribution in [3.05, 3.63) is 88.0 Å². The van der Waals surface area contributed by atoms with Crippen molar-refractivity contribution < 1.29 is 38.6 Å². The van der Waals surface area contributed by atoms with Crippen LogP contribution in [-0.2, 0) is 42.1 Å². The van der Waals surface area contributed by atoms with E-state index in [0.29, 0.717) is 88.7 Å². The molecule has 63 heavy (non-hydrogen) atoms. The number of nitrogens with one attached hydrogen (secondary N) is 2. The van der Waals surface area contributed by atoms with E-state index in [4.69, 9.17) is 30.9 Å². The molecular weight excluding hydrogens is 813 g/mol. The van der Waals surface area contributed by atoms with Crippen LogP contribution in [0, 0.1) is 19.8 Å². The number of hydrogen-bond acceptors (Lipinski definition) is 11. The van der Waals surface area contributed by atoms with Gasteiger partial charge in [0.2, 0.25) is 23.7 Å². The highest BCUT2D eigenvalue weighted by Gasteiger charge is 2.25. The molecule has 1 unspecified atom stereocenters. The molecule has 1 atom stereocenters. The number of aromatic nitrogens is 8. The molecule has 0 aliphatic heterocycles. The minimum Gasteiger partial charge on any atom is -0.491 e. The van der Waals surface area contributed by atoms with Gasteiger partial charge in [0.05, 0.1) is 40.5 Å². The normalized spacial score (nSPS) is 12.0. The number of rotatable bonds is 21. The number of fused-ring (bicyclic) bond motifs is 2. The van der Waals surface area contributed by atoms with Crippen LogP contribution in [0.2, 0.25) is 0 Å². The van der Waals surface area contributed by atoms with Crippen molar-refractivity contribution in [1.82, 2.24) is 38.7 Å². The average Bonchev–Trinajstić information content (AvgIpc) is 4.01. The molecule has 4 heterocycles. The number of aliphatic carboxylic acids is 1. The summed E-state index contributed by atoms with van der Waals surface area (Å²) < 4.78 is 18.0. The zero-order chi connectivity index (χ0) is 45.5. The summed E-state index contributed by atoms with van der Waals surface area (Å²) in [5, 5.41) is 24.7. The molecule has 0 spiro atoms. The minimum atomic E-state index is -1.01. The predicted octanol–water partition coefficient (Wildman–Crippen LogP) is 4.46. The predicted molar refractivity (Wildman–Crippen MR) is 234 cm³/mol. The maximum absolute atomic E-state index is 13.8. The molecule has 332 valence electrons. The van der Waals surface area contributed by atoms with E-state index in [2.05, 4.69) is 20.8 Å². The number of carboxylic acid groups (broad SMARTS) is 1. The van der Waals surface area contributed by atoms with Gasteiger partial charge in [0.25, 0.3) is 11.8 Å². The highest BCUT2D eigenvalue weighted by atomic mass is 16.5. The Labute approximate surface area is 362 Å². The third kappa shape index (κ3) is 9.91. The molecule has 0 radical (unpaired) electrons. The van der Waals surface area contributed by atoms with Gasteiger partial charge < -0.3 is 35.2 Å². The number of anilines is 2. The van der Waals surface area contributed by atoms with Crippen molar-refractivity contribution in [3.8, 4) is 5.75 Å². The van der Waals surface area contributed by atoms with Gasteiger partial charge in [-0.05, 0) is 82.5 Å². The number of amides is 4. The number of carbonyl (C=O) groups excluding carboxylic acids is 4. The van der Waals surface area contributed by atoms with Gasteiger partial charge in [-0.2, -0.15) is 10.2 Å². The summed E-state index contributed by atoms with van der Waals surface area (Å²) in [6.45, 7) is 10.8. The van der Waals surface area contributed by atoms with Crippen LogP contribution >= 0.6 is 0 Å². The Balaban J connectivity index is 1.45. The molecule has 4 amide bonds. The fourth-order valence-corrected chi connectivity index (χ4v) is 7.37. The summed E-state index contributed by atoms with van der Waals surface area (Å²) in [7, 11) is 1.58. The van der Waals surface area contributed by atoms with E-state index in [0.717, 1.165) is 0 Å². The van der Waals surface area contributed by atoms with Crippen LogP contribution < -0.4 is 26.8 Å². The first-order chi connectivity index (χ1) is 30.2. The zero-order valence-corrected chi connectivity index (χ0v) is 36.1. The SMILES string of the molecule is CCC(Cc1cc(C(N)=O)cc2nc(NC(=O)c3cc(C)nn3CC)n(C/C=C/Cn3c(NC(=O)c4cc(C)nn4CC)nc4cc(C(N)=O)cc(OCCCOC)c43)c12)C(=O)O. The maximum atomic E-state index is 13.8. The number of carbonyl (C=O) groups is 5. The number of nitrogens with two attached hydrogens (primary N) is 2. The second-order valence-corrected chi connectivity index (χ2v) is 14.9. The van der Waals surface area contributed by atoms with Crippen molar-refractivity contribution >= 4 is 63.6 Å². The van der Waals surface area contributed by atoms with Gasteiger partial charge in [0, 0.05) is 57.4 Å². The van der Waals surface area contributed by atoms with E-state index in [1.165, 1.54) is 18.2 Å². The molecule has 6 aromatic rings. The number of aryl methyl sites for hydroxylation is 4. The molecule has 0 bridgehead atoms. The summed E-state index contributed by atoms with van der Waals surface area (Å²) in [6, 6.07) is 9.45. The first-order valence-electron chi connectivity index (χ1n) is 20.6. The Bertz CT molecular complexity index is 2740. The summed E-state index contributed by atoms with van der Waals surface area (Å²) in [5.41, 5.74) is 15.8. The van der Waals surface area contributed by atoms with Crippen LogP contribution in [0.1, 0.15) is 92.3 Å². The molecule has 7 N–H and O–H groups in total. The standard InChI is InChI=1S/C43H52N12O8/c1-7-26(41(60)61)19-27-20-28(37(44)56)21-30-35(27)52(42(46-30)48-39(58)32-17-24(4)50-54(32)8-2)13-10-11-14-53-36-31(22-29(38(45)57)23-34(36)63-16-12-15-62-6)47-43(53)49-40(59)33-18-25(5)51-55(33)9-3/h10-11,17-18,20-23,26H,7-9,12-16,19H2,1-6H3,(H2,44,56)(H2,45,57)(H,60,61)(H,46,48,58)(H,47,49,59)/b11-10+. The maximum Gasteiger partial charge on any atom is 0.306 e.